The molecule has 1 spiro atoms. The number of aromatic nitrogens is 2. The van der Waals surface area contributed by atoms with Crippen molar-refractivity contribution in [1.82, 2.24) is 15.3 Å². The molecular formula is C11H15N3O. The van der Waals surface area contributed by atoms with Crippen LogP contribution in [0.5, 0.6) is 6.01 Å². The van der Waals surface area contributed by atoms with Gasteiger partial charge < -0.3 is 10.1 Å². The Morgan fingerprint density at radius 3 is 2.87 bits per heavy atom. The lowest BCUT2D eigenvalue weighted by molar-refractivity contribution is -0.0533. The molecule has 4 nitrogen and oxygen atoms in total. The van der Waals surface area contributed by atoms with Gasteiger partial charge in [-0.05, 0) is 25.8 Å². The summed E-state index contributed by atoms with van der Waals surface area (Å²) in [4.78, 5) is 8.34. The maximum atomic E-state index is 5.71. The summed E-state index contributed by atoms with van der Waals surface area (Å²) in [6.07, 6.45) is 4.37. The summed E-state index contributed by atoms with van der Waals surface area (Å²) in [5.41, 5.74) is 1.51. The van der Waals surface area contributed by atoms with Crippen LogP contribution in [0.15, 0.2) is 12.3 Å². The standard InChI is InChI=1S/C11H15N3O/c1-8-2-3-13-10(14-8)15-9-4-11(5-9)6-12-7-11/h2-3,9,12H,4-7H2,1H3. The highest BCUT2D eigenvalue weighted by atomic mass is 16.5. The van der Waals surface area contributed by atoms with Crippen molar-refractivity contribution in [1.29, 1.82) is 0 Å². The normalized spacial score (nSPS) is 23.3. The van der Waals surface area contributed by atoms with Crippen molar-refractivity contribution in [3.8, 4) is 6.01 Å². The van der Waals surface area contributed by atoms with E-state index in [0.29, 0.717) is 17.5 Å². The highest BCUT2D eigenvalue weighted by Gasteiger charge is 2.49. The number of hydrogen-bond donors (Lipinski definition) is 1. The molecule has 0 unspecified atom stereocenters. The van der Waals surface area contributed by atoms with Crippen LogP contribution >= 0.6 is 0 Å². The molecule has 0 amide bonds. The first-order valence-corrected chi connectivity index (χ1v) is 5.43. The Bertz CT molecular complexity index is 368. The van der Waals surface area contributed by atoms with Gasteiger partial charge in [0.25, 0.3) is 0 Å². The summed E-state index contributed by atoms with van der Waals surface area (Å²) in [5.74, 6) is 0. The molecule has 0 bridgehead atoms. The van der Waals surface area contributed by atoms with Crippen LogP contribution in [0.1, 0.15) is 18.5 Å². The van der Waals surface area contributed by atoms with Crippen LogP contribution in [0.4, 0.5) is 0 Å². The second-order valence-corrected chi connectivity index (χ2v) is 4.73. The zero-order chi connectivity index (χ0) is 10.3. The fraction of sp³-hybridized carbons (Fsp3) is 0.636. The Morgan fingerprint density at radius 1 is 1.47 bits per heavy atom. The van der Waals surface area contributed by atoms with Gasteiger partial charge in [0.05, 0.1) is 0 Å². The van der Waals surface area contributed by atoms with Crippen LogP contribution in [0.3, 0.4) is 0 Å². The molecule has 0 aromatic carbocycles. The van der Waals surface area contributed by atoms with Gasteiger partial charge in [-0.15, -0.1) is 0 Å². The molecule has 0 radical (unpaired) electrons. The SMILES string of the molecule is Cc1ccnc(OC2CC3(CNC3)C2)n1. The molecule has 1 saturated carbocycles. The second-order valence-electron chi connectivity index (χ2n) is 4.73. The van der Waals surface area contributed by atoms with E-state index in [2.05, 4.69) is 15.3 Å². The third-order valence-corrected chi connectivity index (χ3v) is 3.37. The Kier molecular flexibility index (Phi) is 1.92. The molecule has 15 heavy (non-hydrogen) atoms. The summed E-state index contributed by atoms with van der Waals surface area (Å²) in [6.45, 7) is 4.26. The fourth-order valence-electron chi connectivity index (χ4n) is 2.39. The number of rotatable bonds is 2. The number of nitrogens with zero attached hydrogens (tertiary/aromatic N) is 2. The van der Waals surface area contributed by atoms with Crippen LogP contribution in [-0.2, 0) is 0 Å². The minimum absolute atomic E-state index is 0.328. The van der Waals surface area contributed by atoms with E-state index in [1.165, 1.54) is 0 Å². The lowest BCUT2D eigenvalue weighted by Gasteiger charge is -2.53. The smallest absolute Gasteiger partial charge is 0.316 e. The molecule has 1 aliphatic heterocycles. The fourth-order valence-corrected chi connectivity index (χ4v) is 2.39. The van der Waals surface area contributed by atoms with Crippen molar-refractivity contribution in [3.63, 3.8) is 0 Å². The second kappa shape index (κ2) is 3.17. The molecule has 4 heteroatoms. The highest BCUT2D eigenvalue weighted by Crippen LogP contribution is 2.45. The molecule has 0 atom stereocenters. The van der Waals surface area contributed by atoms with E-state index in [0.717, 1.165) is 31.6 Å². The Labute approximate surface area is 89.1 Å². The topological polar surface area (TPSA) is 47.0 Å². The van der Waals surface area contributed by atoms with E-state index in [4.69, 9.17) is 4.74 Å². The monoisotopic (exact) mass is 205 g/mol. The predicted octanol–water partition coefficient (Wildman–Crippen LogP) is 0.916. The number of aryl methyl sites for hydroxylation is 1. The first-order valence-electron chi connectivity index (χ1n) is 5.43. The van der Waals surface area contributed by atoms with E-state index >= 15 is 0 Å². The van der Waals surface area contributed by atoms with Gasteiger partial charge in [0, 0.05) is 30.4 Å². The summed E-state index contributed by atoms with van der Waals surface area (Å²) in [7, 11) is 0. The molecular weight excluding hydrogens is 190 g/mol. The first-order chi connectivity index (χ1) is 7.26. The summed E-state index contributed by atoms with van der Waals surface area (Å²) >= 11 is 0. The average molecular weight is 205 g/mol. The lowest BCUT2D eigenvalue weighted by Crippen LogP contribution is -2.62. The van der Waals surface area contributed by atoms with Gasteiger partial charge in [-0.3, -0.25) is 0 Å². The molecule has 2 heterocycles. The molecule has 1 saturated heterocycles. The molecule has 1 aromatic rings. The van der Waals surface area contributed by atoms with Crippen molar-refractivity contribution in [2.24, 2.45) is 5.41 Å². The molecule has 1 N–H and O–H groups in total. The van der Waals surface area contributed by atoms with Crippen molar-refractivity contribution in [2.45, 2.75) is 25.9 Å². The third kappa shape index (κ3) is 1.59. The van der Waals surface area contributed by atoms with Crippen LogP contribution < -0.4 is 10.1 Å². The van der Waals surface area contributed by atoms with E-state index in [1.807, 2.05) is 13.0 Å². The largest absolute Gasteiger partial charge is 0.460 e. The van der Waals surface area contributed by atoms with Crippen molar-refractivity contribution in [3.05, 3.63) is 18.0 Å². The highest BCUT2D eigenvalue weighted by molar-refractivity contribution is 5.08. The summed E-state index contributed by atoms with van der Waals surface area (Å²) in [6, 6.07) is 2.41. The van der Waals surface area contributed by atoms with Crippen LogP contribution in [0.25, 0.3) is 0 Å². The molecule has 2 aliphatic rings. The minimum atomic E-state index is 0.328. The number of hydrogen-bond acceptors (Lipinski definition) is 4. The van der Waals surface area contributed by atoms with E-state index in [1.54, 1.807) is 6.20 Å². The third-order valence-electron chi connectivity index (χ3n) is 3.37. The minimum Gasteiger partial charge on any atom is -0.460 e. The van der Waals surface area contributed by atoms with Crippen molar-refractivity contribution in [2.75, 3.05) is 13.1 Å². The Balaban J connectivity index is 1.58. The average Bonchev–Trinajstić information content (AvgIpc) is 2.07. The molecule has 80 valence electrons. The quantitative estimate of drug-likeness (QED) is 0.779. The van der Waals surface area contributed by atoms with Gasteiger partial charge >= 0.3 is 6.01 Å². The van der Waals surface area contributed by atoms with E-state index < -0.39 is 0 Å². The van der Waals surface area contributed by atoms with Gasteiger partial charge in [0.1, 0.15) is 6.10 Å². The molecule has 1 aromatic heterocycles. The Morgan fingerprint density at radius 2 is 2.27 bits per heavy atom. The summed E-state index contributed by atoms with van der Waals surface area (Å²) in [5, 5.41) is 3.31. The van der Waals surface area contributed by atoms with Gasteiger partial charge in [-0.25, -0.2) is 9.97 Å². The van der Waals surface area contributed by atoms with Crippen molar-refractivity contribution < 1.29 is 4.74 Å². The summed E-state index contributed by atoms with van der Waals surface area (Å²) < 4.78 is 5.71. The van der Waals surface area contributed by atoms with Crippen LogP contribution in [-0.4, -0.2) is 29.2 Å². The van der Waals surface area contributed by atoms with Crippen molar-refractivity contribution >= 4 is 0 Å². The van der Waals surface area contributed by atoms with Gasteiger partial charge in [-0.2, -0.15) is 0 Å². The maximum Gasteiger partial charge on any atom is 0.316 e. The Hall–Kier alpha value is -1.16. The number of nitrogens with one attached hydrogen (secondary N) is 1. The van der Waals surface area contributed by atoms with Crippen LogP contribution in [0, 0.1) is 12.3 Å². The predicted molar refractivity (Wildman–Crippen MR) is 55.7 cm³/mol. The van der Waals surface area contributed by atoms with Gasteiger partial charge in [-0.1, -0.05) is 0 Å². The lowest BCUT2D eigenvalue weighted by atomic mass is 9.63. The van der Waals surface area contributed by atoms with Gasteiger partial charge in [0.15, 0.2) is 0 Å². The van der Waals surface area contributed by atoms with E-state index in [-0.39, 0.29) is 0 Å². The molecule has 1 aliphatic carbocycles. The molecule has 3 rings (SSSR count). The zero-order valence-corrected chi connectivity index (χ0v) is 8.86. The first kappa shape index (κ1) is 9.09. The maximum absolute atomic E-state index is 5.71. The number of ether oxygens (including phenoxy) is 1. The van der Waals surface area contributed by atoms with E-state index in [9.17, 15) is 0 Å². The van der Waals surface area contributed by atoms with Crippen LogP contribution in [0.2, 0.25) is 0 Å². The molecule has 2 fully saturated rings. The van der Waals surface area contributed by atoms with Gasteiger partial charge in [0.2, 0.25) is 0 Å². The zero-order valence-electron chi connectivity index (χ0n) is 8.86.